The van der Waals surface area contributed by atoms with Crippen molar-refractivity contribution in [2.45, 2.75) is 80.7 Å². The van der Waals surface area contributed by atoms with Crippen molar-refractivity contribution in [1.29, 1.82) is 0 Å². The second-order valence-corrected chi connectivity index (χ2v) is 10.3. The van der Waals surface area contributed by atoms with E-state index in [9.17, 15) is 15.0 Å². The van der Waals surface area contributed by atoms with Crippen LogP contribution in [0, 0.1) is 5.92 Å². The number of aromatic hydroxyl groups is 1. The molecular weight excluding hydrogens is 396 g/mol. The van der Waals surface area contributed by atoms with Crippen LogP contribution in [0.3, 0.4) is 0 Å². The van der Waals surface area contributed by atoms with Gasteiger partial charge in [0, 0.05) is 31.3 Å². The summed E-state index contributed by atoms with van der Waals surface area (Å²) in [6.07, 6.45) is 5.85. The van der Waals surface area contributed by atoms with E-state index in [1.165, 1.54) is 18.4 Å². The van der Waals surface area contributed by atoms with E-state index in [1.54, 1.807) is 13.0 Å². The summed E-state index contributed by atoms with van der Waals surface area (Å²) in [5.41, 5.74) is 1.61. The van der Waals surface area contributed by atoms with E-state index >= 15 is 0 Å². The molecule has 1 aromatic rings. The Hall–Kier alpha value is -1.83. The van der Waals surface area contributed by atoms with Crippen LogP contribution < -0.4 is 10.1 Å². The largest absolute Gasteiger partial charge is 0.504 e. The maximum atomic E-state index is 11.6. The average molecular weight is 429 g/mol. The van der Waals surface area contributed by atoms with Gasteiger partial charge in [-0.3, -0.25) is 15.0 Å². The molecular formula is C24H32N2O5. The third kappa shape index (κ3) is 2.48. The number of hydrogen-bond donors (Lipinski definition) is 3. The van der Waals surface area contributed by atoms with Crippen molar-refractivity contribution in [2.75, 3.05) is 20.2 Å². The number of aliphatic carboxylic acids is 1. The molecule has 2 bridgehead atoms. The normalized spacial score (nSPS) is 39.0. The number of nitrogens with one attached hydrogen (secondary N) is 1. The number of rotatable bonds is 6. The monoisotopic (exact) mass is 428 g/mol. The predicted molar refractivity (Wildman–Crippen MR) is 114 cm³/mol. The van der Waals surface area contributed by atoms with Crippen LogP contribution in [0.15, 0.2) is 12.1 Å². The van der Waals surface area contributed by atoms with Crippen molar-refractivity contribution < 1.29 is 24.5 Å². The summed E-state index contributed by atoms with van der Waals surface area (Å²) in [4.78, 5) is 14.2. The van der Waals surface area contributed by atoms with Gasteiger partial charge in [-0.2, -0.15) is 0 Å². The van der Waals surface area contributed by atoms with E-state index in [1.807, 2.05) is 7.11 Å². The Kier molecular flexibility index (Phi) is 4.22. The topological polar surface area (TPSA) is 91.3 Å². The van der Waals surface area contributed by atoms with Crippen molar-refractivity contribution in [3.63, 3.8) is 0 Å². The Morgan fingerprint density at radius 1 is 1.35 bits per heavy atom. The molecule has 2 heterocycles. The summed E-state index contributed by atoms with van der Waals surface area (Å²) in [5, 5.41) is 23.5. The minimum atomic E-state index is -0.860. The van der Waals surface area contributed by atoms with Gasteiger partial charge in [-0.25, -0.2) is 0 Å². The van der Waals surface area contributed by atoms with Crippen molar-refractivity contribution in [2.24, 2.45) is 5.92 Å². The number of benzene rings is 1. The lowest BCUT2D eigenvalue weighted by Crippen LogP contribution is -2.79. The molecule has 31 heavy (non-hydrogen) atoms. The summed E-state index contributed by atoms with van der Waals surface area (Å²) in [5.74, 6) is 0.719. The SMILES string of the molecule is CO[C@@]12CC[C@H](N[C@@H](C)C(=O)O)[C@@H]3Oc4c(O)ccc5c4[C@@]31CCN(CC1CC1)[C@@H]2C5. The first kappa shape index (κ1) is 19.8. The van der Waals surface area contributed by atoms with Crippen molar-refractivity contribution in [3.8, 4) is 11.5 Å². The number of likely N-dealkylation sites (tertiary alicyclic amines) is 1. The Morgan fingerprint density at radius 3 is 2.87 bits per heavy atom. The van der Waals surface area contributed by atoms with Crippen molar-refractivity contribution in [3.05, 3.63) is 23.3 Å². The van der Waals surface area contributed by atoms with Crippen molar-refractivity contribution >= 4 is 5.97 Å². The van der Waals surface area contributed by atoms with Gasteiger partial charge in [-0.1, -0.05) is 6.07 Å². The number of methoxy groups -OCH3 is 1. The van der Waals surface area contributed by atoms with Gasteiger partial charge in [0.2, 0.25) is 0 Å². The zero-order valence-corrected chi connectivity index (χ0v) is 18.3. The highest BCUT2D eigenvalue weighted by Crippen LogP contribution is 2.66. The van der Waals surface area contributed by atoms with Crippen LogP contribution in [0.4, 0.5) is 0 Å². The number of phenolic OH excluding ortho intramolecular Hbond substituents is 1. The van der Waals surface area contributed by atoms with Gasteiger partial charge < -0.3 is 19.7 Å². The molecule has 5 aliphatic rings. The first-order valence-corrected chi connectivity index (χ1v) is 11.7. The summed E-state index contributed by atoms with van der Waals surface area (Å²) in [7, 11) is 1.84. The number of carboxylic acid groups (broad SMARTS) is 1. The fourth-order valence-electron chi connectivity index (χ4n) is 7.43. The standard InChI is InChI=1S/C24H32N2O5/c1-13(22(28)29)25-16-7-8-24(30-2)18-11-15-5-6-17(27)20-19(15)23(24,21(16)31-20)9-10-26(18)12-14-3-4-14/h5-6,13-14,16,18,21,25,27H,3-4,7-12H2,1-2H3,(H,28,29)/t13-,16-,18+,21-,23-,24+/m0/s1. The Bertz CT molecular complexity index is 933. The minimum Gasteiger partial charge on any atom is -0.504 e. The molecule has 1 aromatic carbocycles. The van der Waals surface area contributed by atoms with Crippen LogP contribution in [0.1, 0.15) is 50.2 Å². The highest BCUT2D eigenvalue weighted by Gasteiger charge is 2.73. The number of hydrogen-bond acceptors (Lipinski definition) is 6. The lowest BCUT2D eigenvalue weighted by Gasteiger charge is -2.65. The molecule has 3 N–H and O–H groups in total. The summed E-state index contributed by atoms with van der Waals surface area (Å²) < 4.78 is 13.1. The smallest absolute Gasteiger partial charge is 0.320 e. The van der Waals surface area contributed by atoms with Crippen LogP contribution in [0.2, 0.25) is 0 Å². The number of carboxylic acids is 1. The predicted octanol–water partition coefficient (Wildman–Crippen LogP) is 2.04. The maximum Gasteiger partial charge on any atom is 0.320 e. The zero-order valence-electron chi connectivity index (χ0n) is 18.3. The third-order valence-electron chi connectivity index (χ3n) is 8.92. The van der Waals surface area contributed by atoms with Gasteiger partial charge in [-0.05, 0) is 69.5 Å². The van der Waals surface area contributed by atoms with Gasteiger partial charge in [-0.15, -0.1) is 0 Å². The van der Waals surface area contributed by atoms with E-state index < -0.39 is 12.0 Å². The molecule has 0 amide bonds. The van der Waals surface area contributed by atoms with E-state index in [0.717, 1.165) is 50.3 Å². The number of ether oxygens (including phenoxy) is 2. The van der Waals surface area contributed by atoms with Gasteiger partial charge in [0.25, 0.3) is 0 Å². The lowest BCUT2D eigenvalue weighted by atomic mass is 9.48. The van der Waals surface area contributed by atoms with Crippen LogP contribution in [0.5, 0.6) is 11.5 Å². The molecule has 7 nitrogen and oxygen atoms in total. The quantitative estimate of drug-likeness (QED) is 0.639. The molecule has 1 spiro atoms. The summed E-state index contributed by atoms with van der Waals surface area (Å²) in [6.45, 7) is 3.81. The molecule has 0 aromatic heterocycles. The number of nitrogens with zero attached hydrogens (tertiary/aromatic N) is 1. The third-order valence-corrected chi connectivity index (χ3v) is 8.92. The number of carbonyl (C=O) groups is 1. The Labute approximate surface area is 182 Å². The molecule has 2 aliphatic heterocycles. The molecule has 168 valence electrons. The fraction of sp³-hybridized carbons (Fsp3) is 0.708. The summed E-state index contributed by atoms with van der Waals surface area (Å²) >= 11 is 0. The minimum absolute atomic E-state index is 0.109. The van der Waals surface area contributed by atoms with Crippen molar-refractivity contribution in [1.82, 2.24) is 10.2 Å². The number of piperidine rings is 1. The Balaban J connectivity index is 1.49. The van der Waals surface area contributed by atoms with Crippen LogP contribution >= 0.6 is 0 Å². The molecule has 6 atom stereocenters. The first-order chi connectivity index (χ1) is 14.9. The Morgan fingerprint density at radius 2 is 2.16 bits per heavy atom. The second kappa shape index (κ2) is 6.59. The molecule has 3 aliphatic carbocycles. The molecule has 3 fully saturated rings. The molecule has 2 saturated carbocycles. The second-order valence-electron chi connectivity index (χ2n) is 10.3. The van der Waals surface area contributed by atoms with Gasteiger partial charge in [0.15, 0.2) is 11.5 Å². The highest BCUT2D eigenvalue weighted by molar-refractivity contribution is 5.73. The average Bonchev–Trinajstić information content (AvgIpc) is 3.50. The van der Waals surface area contributed by atoms with E-state index in [-0.39, 0.29) is 35.0 Å². The van der Waals surface area contributed by atoms with E-state index in [2.05, 4.69) is 16.3 Å². The molecule has 6 rings (SSSR count). The van der Waals surface area contributed by atoms with Gasteiger partial charge in [0.1, 0.15) is 12.1 Å². The van der Waals surface area contributed by atoms with Crippen LogP contribution in [-0.2, 0) is 21.4 Å². The van der Waals surface area contributed by atoms with Gasteiger partial charge in [0.05, 0.1) is 11.0 Å². The van der Waals surface area contributed by atoms with Gasteiger partial charge >= 0.3 is 5.97 Å². The summed E-state index contributed by atoms with van der Waals surface area (Å²) in [6, 6.07) is 3.32. The molecule has 7 heteroatoms. The highest BCUT2D eigenvalue weighted by atomic mass is 16.5. The van der Waals surface area contributed by atoms with Crippen LogP contribution in [-0.4, -0.2) is 71.1 Å². The molecule has 0 radical (unpaired) electrons. The molecule has 1 saturated heterocycles. The van der Waals surface area contributed by atoms with E-state index in [0.29, 0.717) is 5.75 Å². The van der Waals surface area contributed by atoms with E-state index in [4.69, 9.17) is 9.47 Å². The maximum absolute atomic E-state index is 11.6. The lowest BCUT2D eigenvalue weighted by molar-refractivity contribution is -0.208. The zero-order chi connectivity index (χ0) is 21.5. The fourth-order valence-corrected chi connectivity index (χ4v) is 7.43. The van der Waals surface area contributed by atoms with Crippen LogP contribution in [0.25, 0.3) is 0 Å². The first-order valence-electron chi connectivity index (χ1n) is 11.7. The molecule has 0 unspecified atom stereocenters. The number of phenols is 1.